The molecule has 0 spiro atoms. The van der Waals surface area contributed by atoms with Crippen LogP contribution in [-0.2, 0) is 9.59 Å². The summed E-state index contributed by atoms with van der Waals surface area (Å²) in [6, 6.07) is 5.00. The monoisotopic (exact) mass is 319 g/mol. The predicted molar refractivity (Wildman–Crippen MR) is 71.8 cm³/mol. The number of nitrogens with one attached hydrogen (secondary N) is 3. The normalized spacial score (nSPS) is 19.0. The molecule has 1 aliphatic rings. The van der Waals surface area contributed by atoms with Gasteiger partial charge in [0.2, 0.25) is 11.8 Å². The van der Waals surface area contributed by atoms with Crippen molar-refractivity contribution in [3.8, 4) is 0 Å². The summed E-state index contributed by atoms with van der Waals surface area (Å²) in [4.78, 5) is 22.9. The molecule has 0 aliphatic carbocycles. The molecule has 9 heteroatoms. The van der Waals surface area contributed by atoms with Gasteiger partial charge in [-0.25, -0.2) is 0 Å². The lowest BCUT2D eigenvalue weighted by Crippen LogP contribution is -2.56. The minimum atomic E-state index is -4.43. The third-order valence-corrected chi connectivity index (χ3v) is 3.51. The number of thioether (sulfide) groups is 1. The Balaban J connectivity index is 2.05. The molecule has 114 valence electrons. The largest absolute Gasteiger partial charge is 0.446 e. The summed E-state index contributed by atoms with van der Waals surface area (Å²) in [5, 5.41) is 7.65. The van der Waals surface area contributed by atoms with E-state index < -0.39 is 17.5 Å². The topological polar surface area (TPSA) is 70.2 Å². The Morgan fingerprint density at radius 2 is 2.05 bits per heavy atom. The fraction of sp³-hybridized carbons (Fsp3) is 0.333. The van der Waals surface area contributed by atoms with Crippen molar-refractivity contribution in [3.63, 3.8) is 0 Å². The van der Waals surface area contributed by atoms with Crippen molar-refractivity contribution in [2.24, 2.45) is 0 Å². The number of alkyl halides is 3. The van der Waals surface area contributed by atoms with E-state index in [0.717, 1.165) is 0 Å². The van der Waals surface area contributed by atoms with Crippen LogP contribution in [-0.4, -0.2) is 36.5 Å². The van der Waals surface area contributed by atoms with Crippen LogP contribution < -0.4 is 16.0 Å². The molecule has 5 nitrogen and oxygen atoms in total. The fourth-order valence-electron chi connectivity index (χ4n) is 1.76. The van der Waals surface area contributed by atoms with Gasteiger partial charge in [0.1, 0.15) is 6.04 Å². The van der Waals surface area contributed by atoms with E-state index in [2.05, 4.69) is 16.0 Å². The number of hydrogen-bond donors (Lipinski definition) is 3. The average molecular weight is 319 g/mol. The number of carbonyl (C=O) groups is 2. The smallest absolute Gasteiger partial charge is 0.353 e. The first-order chi connectivity index (χ1) is 9.85. The molecular formula is C12H12F3N3O2S. The summed E-state index contributed by atoms with van der Waals surface area (Å²) in [6.07, 6.45) is 0. The van der Waals surface area contributed by atoms with Crippen LogP contribution in [0.15, 0.2) is 29.2 Å². The summed E-state index contributed by atoms with van der Waals surface area (Å²) in [6.45, 7) is 0.0935. The standard InChI is InChI=1S/C12H12F3N3O2S/c13-12(14,15)21-9-4-2-1-3-7(9)18-11(20)8-5-17-10(19)6-16-8/h1-4,8,16H,5-6H2,(H,17,19)(H,18,20). The van der Waals surface area contributed by atoms with Gasteiger partial charge < -0.3 is 10.6 Å². The molecule has 1 fully saturated rings. The third-order valence-electron chi connectivity index (χ3n) is 2.70. The quantitative estimate of drug-likeness (QED) is 0.735. The Morgan fingerprint density at radius 1 is 1.33 bits per heavy atom. The second-order valence-corrected chi connectivity index (χ2v) is 5.38. The average Bonchev–Trinajstić information content (AvgIpc) is 2.40. The van der Waals surface area contributed by atoms with E-state index in [-0.39, 0.29) is 41.3 Å². The van der Waals surface area contributed by atoms with Crippen molar-refractivity contribution in [1.82, 2.24) is 10.6 Å². The maximum absolute atomic E-state index is 12.4. The number of halogens is 3. The van der Waals surface area contributed by atoms with Gasteiger partial charge in [-0.05, 0) is 23.9 Å². The molecule has 2 amide bonds. The van der Waals surface area contributed by atoms with Gasteiger partial charge >= 0.3 is 5.51 Å². The highest BCUT2D eigenvalue weighted by Gasteiger charge is 2.31. The van der Waals surface area contributed by atoms with Crippen LogP contribution in [0.3, 0.4) is 0 Å². The minimum absolute atomic E-state index is 0.00294. The second kappa shape index (κ2) is 6.35. The summed E-state index contributed by atoms with van der Waals surface area (Å²) >= 11 is -0.288. The van der Waals surface area contributed by atoms with Crippen LogP contribution in [0.2, 0.25) is 0 Å². The van der Waals surface area contributed by atoms with E-state index in [0.29, 0.717) is 0 Å². The van der Waals surface area contributed by atoms with Crippen molar-refractivity contribution >= 4 is 29.3 Å². The second-order valence-electron chi connectivity index (χ2n) is 4.27. The molecule has 1 saturated heterocycles. The Bertz CT molecular complexity index is 541. The van der Waals surface area contributed by atoms with Crippen molar-refractivity contribution < 1.29 is 22.8 Å². The fourth-order valence-corrected chi connectivity index (χ4v) is 2.38. The summed E-state index contributed by atoms with van der Waals surface area (Å²) in [5.41, 5.74) is -4.35. The van der Waals surface area contributed by atoms with E-state index in [1.165, 1.54) is 24.3 Å². The van der Waals surface area contributed by atoms with Gasteiger partial charge in [-0.15, -0.1) is 0 Å². The summed E-state index contributed by atoms with van der Waals surface area (Å²) in [7, 11) is 0. The first-order valence-electron chi connectivity index (χ1n) is 6.01. The first-order valence-corrected chi connectivity index (χ1v) is 6.82. The molecular weight excluding hydrogens is 307 g/mol. The lowest BCUT2D eigenvalue weighted by Gasteiger charge is -2.23. The number of piperazine rings is 1. The van der Waals surface area contributed by atoms with Gasteiger partial charge in [-0.3, -0.25) is 14.9 Å². The summed E-state index contributed by atoms with van der Waals surface area (Å²) in [5.74, 6) is -0.725. The molecule has 21 heavy (non-hydrogen) atoms. The van der Waals surface area contributed by atoms with Crippen LogP contribution in [0.25, 0.3) is 0 Å². The zero-order chi connectivity index (χ0) is 15.5. The Labute approximate surface area is 122 Å². The molecule has 1 aromatic rings. The van der Waals surface area contributed by atoms with Crippen LogP contribution in [0.4, 0.5) is 18.9 Å². The molecule has 0 aromatic heterocycles. The number of anilines is 1. The molecule has 2 rings (SSSR count). The van der Waals surface area contributed by atoms with Crippen LogP contribution in [0.1, 0.15) is 0 Å². The highest BCUT2D eigenvalue weighted by Crippen LogP contribution is 2.40. The van der Waals surface area contributed by atoms with Gasteiger partial charge in [0, 0.05) is 11.4 Å². The number of hydrogen-bond acceptors (Lipinski definition) is 4. The van der Waals surface area contributed by atoms with E-state index in [4.69, 9.17) is 0 Å². The van der Waals surface area contributed by atoms with Crippen molar-refractivity contribution in [3.05, 3.63) is 24.3 Å². The number of rotatable bonds is 3. The van der Waals surface area contributed by atoms with Crippen molar-refractivity contribution in [1.29, 1.82) is 0 Å². The lowest BCUT2D eigenvalue weighted by molar-refractivity contribution is -0.124. The number of para-hydroxylation sites is 1. The molecule has 1 aliphatic heterocycles. The molecule has 1 atom stereocenters. The molecule has 0 radical (unpaired) electrons. The van der Waals surface area contributed by atoms with Gasteiger partial charge in [-0.1, -0.05) is 12.1 Å². The van der Waals surface area contributed by atoms with Crippen molar-refractivity contribution in [2.45, 2.75) is 16.4 Å². The van der Waals surface area contributed by atoms with Gasteiger partial charge in [0.05, 0.1) is 12.2 Å². The maximum Gasteiger partial charge on any atom is 0.446 e. The summed E-state index contributed by atoms with van der Waals surface area (Å²) < 4.78 is 37.3. The highest BCUT2D eigenvalue weighted by atomic mass is 32.2. The molecule has 1 unspecified atom stereocenters. The lowest BCUT2D eigenvalue weighted by atomic mass is 10.2. The van der Waals surface area contributed by atoms with E-state index >= 15 is 0 Å². The zero-order valence-electron chi connectivity index (χ0n) is 10.7. The Morgan fingerprint density at radius 3 is 2.67 bits per heavy atom. The first kappa shape index (κ1) is 15.6. The molecule has 0 saturated carbocycles. The minimum Gasteiger partial charge on any atom is -0.353 e. The van der Waals surface area contributed by atoms with Gasteiger partial charge in [-0.2, -0.15) is 13.2 Å². The van der Waals surface area contributed by atoms with Crippen LogP contribution in [0.5, 0.6) is 0 Å². The maximum atomic E-state index is 12.4. The molecule has 3 N–H and O–H groups in total. The Hall–Kier alpha value is -1.74. The van der Waals surface area contributed by atoms with E-state index in [1.807, 2.05) is 0 Å². The number of benzene rings is 1. The van der Waals surface area contributed by atoms with Crippen LogP contribution in [0, 0.1) is 0 Å². The van der Waals surface area contributed by atoms with E-state index in [1.54, 1.807) is 0 Å². The SMILES string of the molecule is O=C1CNC(C(=O)Nc2ccccc2SC(F)(F)F)CN1. The highest BCUT2D eigenvalue weighted by molar-refractivity contribution is 8.00. The zero-order valence-corrected chi connectivity index (χ0v) is 11.5. The van der Waals surface area contributed by atoms with Gasteiger partial charge in [0.25, 0.3) is 0 Å². The number of amides is 2. The predicted octanol–water partition coefficient (Wildman–Crippen LogP) is 1.32. The molecule has 0 bridgehead atoms. The molecule has 1 heterocycles. The van der Waals surface area contributed by atoms with E-state index in [9.17, 15) is 22.8 Å². The molecule has 1 aromatic carbocycles. The van der Waals surface area contributed by atoms with Crippen LogP contribution >= 0.6 is 11.8 Å². The van der Waals surface area contributed by atoms with Crippen molar-refractivity contribution in [2.75, 3.05) is 18.4 Å². The third kappa shape index (κ3) is 4.64. The van der Waals surface area contributed by atoms with Gasteiger partial charge in [0.15, 0.2) is 0 Å². The Kier molecular flexibility index (Phi) is 4.73. The number of carbonyl (C=O) groups excluding carboxylic acids is 2.